The molecule has 5 heteroatoms. The van der Waals surface area contributed by atoms with Gasteiger partial charge in [-0.2, -0.15) is 5.10 Å². The molecule has 3 heterocycles. The van der Waals surface area contributed by atoms with Gasteiger partial charge in [-0.3, -0.25) is 9.58 Å². The smallest absolute Gasteiger partial charge is 0.0917 e. The highest BCUT2D eigenvalue weighted by atomic mass is 32.1. The molecule has 0 unspecified atom stereocenters. The molecule has 1 fully saturated rings. The van der Waals surface area contributed by atoms with Crippen molar-refractivity contribution in [2.24, 2.45) is 0 Å². The van der Waals surface area contributed by atoms with Crippen LogP contribution in [0.1, 0.15) is 35.6 Å². The number of aromatic nitrogens is 2. The first-order valence-electron chi connectivity index (χ1n) is 7.75. The van der Waals surface area contributed by atoms with Gasteiger partial charge in [-0.1, -0.05) is 6.92 Å². The van der Waals surface area contributed by atoms with Crippen LogP contribution in [0.4, 0.5) is 0 Å². The summed E-state index contributed by atoms with van der Waals surface area (Å²) in [5, 5.41) is 4.26. The number of rotatable bonds is 7. The van der Waals surface area contributed by atoms with E-state index >= 15 is 0 Å². The molecule has 1 aliphatic heterocycles. The molecule has 0 aromatic carbocycles. The molecule has 0 radical (unpaired) electrons. The van der Waals surface area contributed by atoms with E-state index < -0.39 is 0 Å². The molecule has 1 saturated heterocycles. The summed E-state index contributed by atoms with van der Waals surface area (Å²) >= 11 is 1.91. The highest BCUT2D eigenvalue weighted by Crippen LogP contribution is 2.33. The van der Waals surface area contributed by atoms with Crippen molar-refractivity contribution in [2.75, 3.05) is 19.7 Å². The quantitative estimate of drug-likeness (QED) is 0.786. The fraction of sp³-hybridized carbons (Fsp3) is 0.562. The maximum Gasteiger partial charge on any atom is 0.0917 e. The molecule has 3 rings (SSSR count). The average Bonchev–Trinajstić information content (AvgIpc) is 3.24. The van der Waals surface area contributed by atoms with Gasteiger partial charge in [0.25, 0.3) is 0 Å². The lowest BCUT2D eigenvalue weighted by Crippen LogP contribution is -2.26. The zero-order valence-corrected chi connectivity index (χ0v) is 13.4. The minimum Gasteiger partial charge on any atom is -0.373 e. The van der Waals surface area contributed by atoms with Gasteiger partial charge in [-0.05, 0) is 37.6 Å². The predicted octanol–water partition coefficient (Wildman–Crippen LogP) is 3.32. The molecule has 0 aliphatic carbocycles. The van der Waals surface area contributed by atoms with Gasteiger partial charge in [0.05, 0.1) is 12.6 Å². The van der Waals surface area contributed by atoms with E-state index in [0.717, 1.165) is 32.8 Å². The Hall–Kier alpha value is -1.17. The van der Waals surface area contributed by atoms with Gasteiger partial charge in [0.15, 0.2) is 0 Å². The summed E-state index contributed by atoms with van der Waals surface area (Å²) in [4.78, 5) is 5.29. The lowest BCUT2D eigenvalue weighted by Gasteiger charge is -2.19. The van der Waals surface area contributed by atoms with Crippen LogP contribution in [-0.4, -0.2) is 34.4 Å². The molecule has 0 N–H and O–H groups in total. The van der Waals surface area contributed by atoms with E-state index in [1.807, 2.05) is 34.5 Å². The van der Waals surface area contributed by atoms with Crippen LogP contribution >= 0.6 is 11.3 Å². The molecule has 21 heavy (non-hydrogen) atoms. The number of ether oxygens (including phenoxy) is 1. The summed E-state index contributed by atoms with van der Waals surface area (Å²) in [5.74, 6) is 0. The van der Waals surface area contributed by atoms with Gasteiger partial charge in [0.1, 0.15) is 0 Å². The van der Waals surface area contributed by atoms with Crippen LogP contribution in [0.25, 0.3) is 0 Å². The SMILES string of the molecule is CCN(CCn1cccn1)Cc1ccc([C@@H]2CCCO2)s1. The third-order valence-electron chi connectivity index (χ3n) is 3.96. The molecule has 2 aromatic rings. The first-order valence-corrected chi connectivity index (χ1v) is 8.57. The fourth-order valence-corrected chi connectivity index (χ4v) is 3.84. The molecule has 4 nitrogen and oxygen atoms in total. The zero-order valence-electron chi connectivity index (χ0n) is 12.6. The highest BCUT2D eigenvalue weighted by molar-refractivity contribution is 7.12. The van der Waals surface area contributed by atoms with Gasteiger partial charge in [0.2, 0.25) is 0 Å². The third-order valence-corrected chi connectivity index (χ3v) is 5.12. The van der Waals surface area contributed by atoms with Gasteiger partial charge in [-0.25, -0.2) is 0 Å². The van der Waals surface area contributed by atoms with Crippen LogP contribution in [0.2, 0.25) is 0 Å². The van der Waals surface area contributed by atoms with Crippen molar-refractivity contribution in [3.8, 4) is 0 Å². The summed E-state index contributed by atoms with van der Waals surface area (Å²) < 4.78 is 7.76. The van der Waals surface area contributed by atoms with E-state index in [9.17, 15) is 0 Å². The molecule has 0 amide bonds. The third kappa shape index (κ3) is 3.93. The Morgan fingerprint density at radius 2 is 2.43 bits per heavy atom. The normalized spacial score (nSPS) is 18.7. The molecule has 0 spiro atoms. The maximum absolute atomic E-state index is 5.77. The minimum atomic E-state index is 0.350. The summed E-state index contributed by atoms with van der Waals surface area (Å²) in [5.41, 5.74) is 0. The fourth-order valence-electron chi connectivity index (χ4n) is 2.70. The predicted molar refractivity (Wildman–Crippen MR) is 85.4 cm³/mol. The first kappa shape index (κ1) is 14.8. The van der Waals surface area contributed by atoms with Crippen molar-refractivity contribution in [1.82, 2.24) is 14.7 Å². The van der Waals surface area contributed by atoms with Crippen LogP contribution in [-0.2, 0) is 17.8 Å². The lowest BCUT2D eigenvalue weighted by atomic mass is 10.2. The summed E-state index contributed by atoms with van der Waals surface area (Å²) in [7, 11) is 0. The van der Waals surface area contributed by atoms with Crippen molar-refractivity contribution < 1.29 is 4.74 Å². The number of likely N-dealkylation sites (N-methyl/N-ethyl adjacent to an activating group) is 1. The van der Waals surface area contributed by atoms with Crippen LogP contribution in [0.5, 0.6) is 0 Å². The molecule has 2 aromatic heterocycles. The summed E-state index contributed by atoms with van der Waals surface area (Å²) in [6.07, 6.45) is 6.58. The average molecular weight is 305 g/mol. The van der Waals surface area contributed by atoms with Crippen molar-refractivity contribution >= 4 is 11.3 Å². The standard InChI is InChI=1S/C16H23N3OS/c1-2-18(10-11-19-9-4-8-17-19)13-14-6-7-16(21-14)15-5-3-12-20-15/h4,6-9,15H,2-3,5,10-13H2,1H3/t15-/m0/s1. The van der Waals surface area contributed by atoms with E-state index in [1.165, 1.54) is 22.6 Å². The Kier molecular flexibility index (Phi) is 5.06. The van der Waals surface area contributed by atoms with E-state index in [2.05, 4.69) is 29.1 Å². The second-order valence-electron chi connectivity index (χ2n) is 5.44. The molecular weight excluding hydrogens is 282 g/mol. The van der Waals surface area contributed by atoms with E-state index in [4.69, 9.17) is 4.74 Å². The Bertz CT molecular complexity index is 531. The van der Waals surface area contributed by atoms with E-state index in [-0.39, 0.29) is 0 Å². The summed E-state index contributed by atoms with van der Waals surface area (Å²) in [6, 6.07) is 6.49. The number of hydrogen-bond donors (Lipinski definition) is 0. The van der Waals surface area contributed by atoms with E-state index in [1.54, 1.807) is 0 Å². The van der Waals surface area contributed by atoms with Crippen LogP contribution in [0.15, 0.2) is 30.6 Å². The molecule has 1 atom stereocenters. The zero-order chi connectivity index (χ0) is 14.5. The van der Waals surface area contributed by atoms with Crippen LogP contribution < -0.4 is 0 Å². The molecule has 114 valence electrons. The molecule has 0 bridgehead atoms. The second-order valence-corrected chi connectivity index (χ2v) is 6.64. The first-order chi connectivity index (χ1) is 10.3. The van der Waals surface area contributed by atoms with E-state index in [0.29, 0.717) is 6.10 Å². The lowest BCUT2D eigenvalue weighted by molar-refractivity contribution is 0.114. The number of thiophene rings is 1. The monoisotopic (exact) mass is 305 g/mol. The van der Waals surface area contributed by atoms with Crippen LogP contribution in [0.3, 0.4) is 0 Å². The topological polar surface area (TPSA) is 30.3 Å². The van der Waals surface area contributed by atoms with Gasteiger partial charge >= 0.3 is 0 Å². The minimum absolute atomic E-state index is 0.350. The van der Waals surface area contributed by atoms with Crippen molar-refractivity contribution in [2.45, 2.75) is 39.0 Å². The molecule has 1 aliphatic rings. The van der Waals surface area contributed by atoms with Crippen molar-refractivity contribution in [1.29, 1.82) is 0 Å². The van der Waals surface area contributed by atoms with Gasteiger partial charge < -0.3 is 4.74 Å². The second kappa shape index (κ2) is 7.20. The summed E-state index contributed by atoms with van der Waals surface area (Å²) in [6.45, 7) is 7.21. The number of nitrogens with zero attached hydrogens (tertiary/aromatic N) is 3. The highest BCUT2D eigenvalue weighted by Gasteiger charge is 2.19. The largest absolute Gasteiger partial charge is 0.373 e. The van der Waals surface area contributed by atoms with Crippen LogP contribution in [0, 0.1) is 0 Å². The molecule has 0 saturated carbocycles. The van der Waals surface area contributed by atoms with Gasteiger partial charge in [0, 0.05) is 41.8 Å². The van der Waals surface area contributed by atoms with Crippen molar-refractivity contribution in [3.05, 3.63) is 40.3 Å². The number of hydrogen-bond acceptors (Lipinski definition) is 4. The molecular formula is C16H23N3OS. The Morgan fingerprint density at radius 1 is 1.48 bits per heavy atom. The van der Waals surface area contributed by atoms with Gasteiger partial charge in [-0.15, -0.1) is 11.3 Å². The Morgan fingerprint density at radius 3 is 3.14 bits per heavy atom. The maximum atomic E-state index is 5.77. The Balaban J connectivity index is 1.53. The van der Waals surface area contributed by atoms with Crippen molar-refractivity contribution in [3.63, 3.8) is 0 Å². The Labute approximate surface area is 130 Å².